The zero-order valence-electron chi connectivity index (χ0n) is 19.3. The molecule has 0 fully saturated rings. The summed E-state index contributed by atoms with van der Waals surface area (Å²) in [6, 6.07) is 25.2. The molecular formula is C29H31FN2O. The minimum atomic E-state index is -0.271. The standard InChI is InChI=1S/C29H31FN2O/c1-3-32-20-27(25-11-7-8-12-28(25)32)26(23-15-17-24(30)18-16-23)19-29(33)31-21(2)13-14-22-9-5-4-6-10-22/h4-12,15-18,20-21,26H,3,13-14,19H2,1-2H3,(H,31,33)/t21-,26-/m1/s1. The number of nitrogens with one attached hydrogen (secondary N) is 1. The maximum absolute atomic E-state index is 13.6. The number of amides is 1. The Bertz CT molecular complexity index is 1200. The number of hydrogen-bond donors (Lipinski definition) is 1. The molecule has 0 aliphatic carbocycles. The van der Waals surface area contributed by atoms with Crippen LogP contribution >= 0.6 is 0 Å². The van der Waals surface area contributed by atoms with Gasteiger partial charge in [-0.25, -0.2) is 4.39 Å². The normalized spacial score (nSPS) is 13.1. The molecule has 3 aromatic carbocycles. The number of aryl methyl sites for hydroxylation is 2. The highest BCUT2D eigenvalue weighted by Gasteiger charge is 2.23. The Balaban J connectivity index is 1.55. The predicted octanol–water partition coefficient (Wildman–Crippen LogP) is 6.46. The van der Waals surface area contributed by atoms with Gasteiger partial charge in [-0.1, -0.05) is 60.7 Å². The molecule has 1 amide bonds. The SMILES string of the molecule is CCn1cc([C@H](CC(=O)N[C@H](C)CCc2ccccc2)c2ccc(F)cc2)c2ccccc21. The third-order valence-corrected chi connectivity index (χ3v) is 6.31. The number of para-hydroxylation sites is 1. The van der Waals surface area contributed by atoms with Gasteiger partial charge in [0.05, 0.1) is 0 Å². The van der Waals surface area contributed by atoms with Crippen LogP contribution in [0.4, 0.5) is 4.39 Å². The lowest BCUT2D eigenvalue weighted by Gasteiger charge is -2.20. The zero-order chi connectivity index (χ0) is 23.2. The number of hydrogen-bond acceptors (Lipinski definition) is 1. The highest BCUT2D eigenvalue weighted by atomic mass is 19.1. The Morgan fingerprint density at radius 2 is 1.67 bits per heavy atom. The molecule has 4 heteroatoms. The molecule has 1 heterocycles. The smallest absolute Gasteiger partial charge is 0.221 e. The molecule has 0 saturated carbocycles. The number of carbonyl (C=O) groups excluding carboxylic acids is 1. The van der Waals surface area contributed by atoms with E-state index in [0.29, 0.717) is 6.42 Å². The van der Waals surface area contributed by atoms with E-state index in [2.05, 4.69) is 54.2 Å². The molecular weight excluding hydrogens is 411 g/mol. The summed E-state index contributed by atoms with van der Waals surface area (Å²) in [4.78, 5) is 13.1. The Morgan fingerprint density at radius 1 is 0.970 bits per heavy atom. The van der Waals surface area contributed by atoms with E-state index in [-0.39, 0.29) is 23.7 Å². The first-order chi connectivity index (χ1) is 16.0. The molecule has 0 bridgehead atoms. The molecule has 1 N–H and O–H groups in total. The molecule has 4 rings (SSSR count). The number of carbonyl (C=O) groups is 1. The lowest BCUT2D eigenvalue weighted by Crippen LogP contribution is -2.33. The molecule has 1 aromatic heterocycles. The summed E-state index contributed by atoms with van der Waals surface area (Å²) in [5.41, 5.74) is 4.47. The minimum absolute atomic E-state index is 0.0122. The van der Waals surface area contributed by atoms with Crippen LogP contribution in [-0.4, -0.2) is 16.5 Å². The van der Waals surface area contributed by atoms with Gasteiger partial charge in [0, 0.05) is 42.0 Å². The third kappa shape index (κ3) is 5.51. The number of rotatable bonds is 9. The first-order valence-electron chi connectivity index (χ1n) is 11.7. The van der Waals surface area contributed by atoms with Gasteiger partial charge >= 0.3 is 0 Å². The van der Waals surface area contributed by atoms with Gasteiger partial charge in [0.15, 0.2) is 0 Å². The van der Waals surface area contributed by atoms with Crippen LogP contribution in [0.25, 0.3) is 10.9 Å². The molecule has 170 valence electrons. The maximum Gasteiger partial charge on any atom is 0.221 e. The Hall–Kier alpha value is -3.40. The number of aromatic nitrogens is 1. The van der Waals surface area contributed by atoms with Crippen molar-refractivity contribution in [3.05, 3.63) is 108 Å². The Kier molecular flexibility index (Phi) is 7.23. The topological polar surface area (TPSA) is 34.0 Å². The van der Waals surface area contributed by atoms with Gasteiger partial charge in [-0.05, 0) is 61.6 Å². The van der Waals surface area contributed by atoms with Crippen molar-refractivity contribution in [2.75, 3.05) is 0 Å². The van der Waals surface area contributed by atoms with Gasteiger partial charge in [0.2, 0.25) is 5.91 Å². The van der Waals surface area contributed by atoms with Crippen molar-refractivity contribution in [1.29, 1.82) is 0 Å². The second-order valence-electron chi connectivity index (χ2n) is 8.69. The van der Waals surface area contributed by atoms with Gasteiger partial charge in [-0.2, -0.15) is 0 Å². The van der Waals surface area contributed by atoms with Crippen molar-refractivity contribution in [1.82, 2.24) is 9.88 Å². The van der Waals surface area contributed by atoms with Crippen LogP contribution in [-0.2, 0) is 17.8 Å². The summed E-state index contributed by atoms with van der Waals surface area (Å²) < 4.78 is 15.8. The van der Waals surface area contributed by atoms with Crippen LogP contribution in [0.15, 0.2) is 85.1 Å². The van der Waals surface area contributed by atoms with Crippen molar-refractivity contribution < 1.29 is 9.18 Å². The number of nitrogens with zero attached hydrogens (tertiary/aromatic N) is 1. The molecule has 4 aromatic rings. The van der Waals surface area contributed by atoms with Crippen molar-refractivity contribution in [3.63, 3.8) is 0 Å². The molecule has 0 unspecified atom stereocenters. The van der Waals surface area contributed by atoms with E-state index in [0.717, 1.165) is 41.4 Å². The van der Waals surface area contributed by atoms with Gasteiger partial charge in [-0.15, -0.1) is 0 Å². The van der Waals surface area contributed by atoms with Gasteiger partial charge in [0.1, 0.15) is 5.82 Å². The average molecular weight is 443 g/mol. The fraction of sp³-hybridized carbons (Fsp3) is 0.276. The van der Waals surface area contributed by atoms with E-state index < -0.39 is 0 Å². The fourth-order valence-electron chi connectivity index (χ4n) is 4.54. The summed E-state index contributed by atoms with van der Waals surface area (Å²) in [6.45, 7) is 5.01. The number of fused-ring (bicyclic) bond motifs is 1. The van der Waals surface area contributed by atoms with Crippen LogP contribution in [0.5, 0.6) is 0 Å². The zero-order valence-corrected chi connectivity index (χ0v) is 19.3. The minimum Gasteiger partial charge on any atom is -0.354 e. The number of halogens is 1. The first-order valence-corrected chi connectivity index (χ1v) is 11.7. The van der Waals surface area contributed by atoms with E-state index >= 15 is 0 Å². The lowest BCUT2D eigenvalue weighted by molar-refractivity contribution is -0.121. The molecule has 33 heavy (non-hydrogen) atoms. The van der Waals surface area contributed by atoms with Gasteiger partial charge < -0.3 is 9.88 Å². The maximum atomic E-state index is 13.6. The summed E-state index contributed by atoms with van der Waals surface area (Å²) >= 11 is 0. The van der Waals surface area contributed by atoms with Crippen molar-refractivity contribution in [2.45, 2.75) is 51.6 Å². The van der Waals surface area contributed by atoms with E-state index in [4.69, 9.17) is 0 Å². The van der Waals surface area contributed by atoms with Gasteiger partial charge in [-0.3, -0.25) is 4.79 Å². The second kappa shape index (κ2) is 10.5. The van der Waals surface area contributed by atoms with Crippen LogP contribution in [0, 0.1) is 5.82 Å². The van der Waals surface area contributed by atoms with Crippen LogP contribution in [0.3, 0.4) is 0 Å². The summed E-state index contributed by atoms with van der Waals surface area (Å²) in [5, 5.41) is 4.32. The van der Waals surface area contributed by atoms with E-state index in [1.807, 2.05) is 30.3 Å². The summed E-state index contributed by atoms with van der Waals surface area (Å²) in [5.74, 6) is -0.407. The van der Waals surface area contributed by atoms with Crippen molar-refractivity contribution in [3.8, 4) is 0 Å². The van der Waals surface area contributed by atoms with Crippen molar-refractivity contribution >= 4 is 16.8 Å². The fourth-order valence-corrected chi connectivity index (χ4v) is 4.54. The van der Waals surface area contributed by atoms with Crippen molar-refractivity contribution in [2.24, 2.45) is 0 Å². The average Bonchev–Trinajstić information content (AvgIpc) is 3.21. The summed E-state index contributed by atoms with van der Waals surface area (Å²) in [6.07, 6.45) is 4.27. The van der Waals surface area contributed by atoms with Crippen LogP contribution in [0.1, 0.15) is 49.3 Å². The molecule has 3 nitrogen and oxygen atoms in total. The molecule has 0 radical (unpaired) electrons. The van der Waals surface area contributed by atoms with Crippen LogP contribution in [0.2, 0.25) is 0 Å². The predicted molar refractivity (Wildman–Crippen MR) is 133 cm³/mol. The van der Waals surface area contributed by atoms with E-state index in [9.17, 15) is 9.18 Å². The molecule has 0 aliphatic rings. The highest BCUT2D eigenvalue weighted by molar-refractivity contribution is 5.86. The molecule has 0 saturated heterocycles. The second-order valence-corrected chi connectivity index (χ2v) is 8.69. The Labute approximate surface area is 195 Å². The molecule has 2 atom stereocenters. The molecule has 0 aliphatic heterocycles. The van der Waals surface area contributed by atoms with Crippen LogP contribution < -0.4 is 5.32 Å². The highest BCUT2D eigenvalue weighted by Crippen LogP contribution is 2.35. The van der Waals surface area contributed by atoms with E-state index in [1.165, 1.54) is 17.7 Å². The Morgan fingerprint density at radius 3 is 2.39 bits per heavy atom. The lowest BCUT2D eigenvalue weighted by atomic mass is 9.88. The largest absolute Gasteiger partial charge is 0.354 e. The number of benzene rings is 3. The quantitative estimate of drug-likeness (QED) is 0.317. The summed E-state index contributed by atoms with van der Waals surface area (Å²) in [7, 11) is 0. The van der Waals surface area contributed by atoms with E-state index in [1.54, 1.807) is 12.1 Å². The monoisotopic (exact) mass is 442 g/mol. The van der Waals surface area contributed by atoms with Gasteiger partial charge in [0.25, 0.3) is 0 Å². The third-order valence-electron chi connectivity index (χ3n) is 6.31. The first kappa shape index (κ1) is 22.8. The molecule has 0 spiro atoms.